The molecule has 0 aromatic rings. The molecule has 0 aliphatic rings. The number of aliphatic carboxylic acids is 1. The summed E-state index contributed by atoms with van der Waals surface area (Å²) >= 11 is 0. The van der Waals surface area contributed by atoms with Gasteiger partial charge in [-0.3, -0.25) is 9.59 Å². The Hall–Kier alpha value is -1.79. The van der Waals surface area contributed by atoms with E-state index >= 15 is 0 Å². The van der Waals surface area contributed by atoms with Gasteiger partial charge in [0, 0.05) is 6.54 Å². The highest BCUT2D eigenvalue weighted by Crippen LogP contribution is 2.02. The summed E-state index contributed by atoms with van der Waals surface area (Å²) < 4.78 is 0. The molecule has 0 saturated carbocycles. The maximum Gasteiger partial charge on any atom is 0.312 e. The van der Waals surface area contributed by atoms with Crippen LogP contribution in [0.5, 0.6) is 0 Å². The summed E-state index contributed by atoms with van der Waals surface area (Å²) in [4.78, 5) is 32.9. The van der Waals surface area contributed by atoms with Gasteiger partial charge in [-0.05, 0) is 5.92 Å². The fourth-order valence-electron chi connectivity index (χ4n) is 1.14. The number of urea groups is 1. The number of carboxylic acids is 1. The molecule has 0 radical (unpaired) electrons. The van der Waals surface area contributed by atoms with Crippen molar-refractivity contribution in [2.24, 2.45) is 17.6 Å². The molecule has 0 rings (SSSR count). The minimum Gasteiger partial charge on any atom is -0.481 e. The van der Waals surface area contributed by atoms with Crippen LogP contribution in [0.4, 0.5) is 4.79 Å². The molecule has 2 atom stereocenters. The van der Waals surface area contributed by atoms with Crippen LogP contribution in [0.25, 0.3) is 0 Å². The molecule has 0 fully saturated rings. The van der Waals surface area contributed by atoms with Gasteiger partial charge in [-0.25, -0.2) is 4.79 Å². The third-order valence-electron chi connectivity index (χ3n) is 2.25. The Morgan fingerprint density at radius 2 is 1.76 bits per heavy atom. The van der Waals surface area contributed by atoms with Crippen LogP contribution in [0.3, 0.4) is 0 Å². The Balaban J connectivity index is 4.33. The standard InChI is InChI=1S/C10H19N3O4/c1-5(2)7(13-10(11)17)8(14)12-4-6(3)9(15)16/h5-7H,4H2,1-3H3,(H,12,14)(H,15,16)(H3,11,13,17). The number of rotatable bonds is 6. The van der Waals surface area contributed by atoms with Gasteiger partial charge >= 0.3 is 12.0 Å². The minimum absolute atomic E-state index is 0.0117. The van der Waals surface area contributed by atoms with Gasteiger partial charge in [0.05, 0.1) is 5.92 Å². The van der Waals surface area contributed by atoms with Crippen molar-refractivity contribution in [3.8, 4) is 0 Å². The lowest BCUT2D eigenvalue weighted by Gasteiger charge is -2.21. The van der Waals surface area contributed by atoms with Gasteiger partial charge in [-0.1, -0.05) is 20.8 Å². The molecule has 17 heavy (non-hydrogen) atoms. The molecule has 5 N–H and O–H groups in total. The molecule has 0 aromatic carbocycles. The van der Waals surface area contributed by atoms with E-state index in [2.05, 4.69) is 10.6 Å². The lowest BCUT2D eigenvalue weighted by molar-refractivity contribution is -0.141. The summed E-state index contributed by atoms with van der Waals surface area (Å²) in [6.45, 7) is 4.99. The minimum atomic E-state index is -0.991. The number of nitrogens with two attached hydrogens (primary N) is 1. The van der Waals surface area contributed by atoms with E-state index in [4.69, 9.17) is 10.8 Å². The summed E-state index contributed by atoms with van der Waals surface area (Å²) in [6.07, 6.45) is 0. The molecular formula is C10H19N3O4. The Morgan fingerprint density at radius 1 is 1.24 bits per heavy atom. The maximum atomic E-state index is 11.7. The maximum absolute atomic E-state index is 11.7. The van der Waals surface area contributed by atoms with E-state index in [9.17, 15) is 14.4 Å². The molecule has 0 heterocycles. The highest BCUT2D eigenvalue weighted by molar-refractivity contribution is 5.87. The van der Waals surface area contributed by atoms with Crippen molar-refractivity contribution in [1.29, 1.82) is 0 Å². The lowest BCUT2D eigenvalue weighted by Crippen LogP contribution is -2.52. The van der Waals surface area contributed by atoms with E-state index in [1.165, 1.54) is 6.92 Å². The summed E-state index contributed by atoms with van der Waals surface area (Å²) in [5, 5.41) is 13.4. The number of carboxylic acid groups (broad SMARTS) is 1. The Bertz CT molecular complexity index is 304. The molecule has 0 aliphatic carbocycles. The second-order valence-corrected chi connectivity index (χ2v) is 4.21. The van der Waals surface area contributed by atoms with E-state index in [-0.39, 0.29) is 12.5 Å². The zero-order valence-corrected chi connectivity index (χ0v) is 10.2. The third kappa shape index (κ3) is 5.74. The largest absolute Gasteiger partial charge is 0.481 e. The van der Waals surface area contributed by atoms with Crippen molar-refractivity contribution < 1.29 is 19.5 Å². The molecule has 0 spiro atoms. The molecule has 0 saturated heterocycles. The SMILES string of the molecule is CC(CNC(=O)C(NC(N)=O)C(C)C)C(=O)O. The Morgan fingerprint density at radius 3 is 2.12 bits per heavy atom. The first-order valence-corrected chi connectivity index (χ1v) is 5.32. The van der Waals surface area contributed by atoms with Gasteiger partial charge in [0.2, 0.25) is 5.91 Å². The van der Waals surface area contributed by atoms with Crippen LogP contribution in [-0.4, -0.2) is 35.6 Å². The Kier molecular flexibility index (Phi) is 6.01. The predicted octanol–water partition coefficient (Wildman–Crippen LogP) is -0.484. The van der Waals surface area contributed by atoms with Crippen molar-refractivity contribution in [3.63, 3.8) is 0 Å². The van der Waals surface area contributed by atoms with Crippen LogP contribution in [0, 0.1) is 11.8 Å². The van der Waals surface area contributed by atoms with E-state index < -0.39 is 29.9 Å². The Labute approximate surface area is 99.7 Å². The molecular weight excluding hydrogens is 226 g/mol. The summed E-state index contributed by atoms with van der Waals surface area (Å²) in [7, 11) is 0. The van der Waals surface area contributed by atoms with Gasteiger partial charge < -0.3 is 21.5 Å². The number of amides is 3. The van der Waals surface area contributed by atoms with Crippen LogP contribution in [0.1, 0.15) is 20.8 Å². The van der Waals surface area contributed by atoms with Crippen molar-refractivity contribution in [1.82, 2.24) is 10.6 Å². The summed E-state index contributed by atoms with van der Waals surface area (Å²) in [5.74, 6) is -2.25. The van der Waals surface area contributed by atoms with Crippen molar-refractivity contribution in [2.45, 2.75) is 26.8 Å². The lowest BCUT2D eigenvalue weighted by atomic mass is 10.0. The predicted molar refractivity (Wildman–Crippen MR) is 61.2 cm³/mol. The molecule has 7 nitrogen and oxygen atoms in total. The van der Waals surface area contributed by atoms with E-state index in [1.807, 2.05) is 0 Å². The number of carbonyl (C=O) groups excluding carboxylic acids is 2. The molecule has 7 heteroatoms. The van der Waals surface area contributed by atoms with Crippen molar-refractivity contribution in [2.75, 3.05) is 6.54 Å². The van der Waals surface area contributed by atoms with E-state index in [1.54, 1.807) is 13.8 Å². The van der Waals surface area contributed by atoms with E-state index in [0.717, 1.165) is 0 Å². The van der Waals surface area contributed by atoms with Crippen LogP contribution < -0.4 is 16.4 Å². The number of nitrogens with one attached hydrogen (secondary N) is 2. The average molecular weight is 245 g/mol. The zero-order chi connectivity index (χ0) is 13.6. The third-order valence-corrected chi connectivity index (χ3v) is 2.25. The van der Waals surface area contributed by atoms with Crippen molar-refractivity contribution >= 4 is 17.9 Å². The molecule has 3 amide bonds. The number of hydrogen-bond donors (Lipinski definition) is 4. The molecule has 0 aromatic heterocycles. The van der Waals surface area contributed by atoms with Gasteiger partial charge in [0.1, 0.15) is 6.04 Å². The van der Waals surface area contributed by atoms with Gasteiger partial charge in [-0.2, -0.15) is 0 Å². The fraction of sp³-hybridized carbons (Fsp3) is 0.700. The first-order chi connectivity index (χ1) is 7.75. The first-order valence-electron chi connectivity index (χ1n) is 5.32. The van der Waals surface area contributed by atoms with Gasteiger partial charge in [0.25, 0.3) is 0 Å². The van der Waals surface area contributed by atoms with Crippen LogP contribution in [0.15, 0.2) is 0 Å². The molecule has 0 bridgehead atoms. The van der Waals surface area contributed by atoms with E-state index in [0.29, 0.717) is 0 Å². The van der Waals surface area contributed by atoms with Crippen LogP contribution in [-0.2, 0) is 9.59 Å². The van der Waals surface area contributed by atoms with Crippen molar-refractivity contribution in [3.05, 3.63) is 0 Å². The number of hydrogen-bond acceptors (Lipinski definition) is 3. The topological polar surface area (TPSA) is 122 Å². The second-order valence-electron chi connectivity index (χ2n) is 4.21. The highest BCUT2D eigenvalue weighted by atomic mass is 16.4. The van der Waals surface area contributed by atoms with Gasteiger partial charge in [0.15, 0.2) is 0 Å². The molecule has 98 valence electrons. The van der Waals surface area contributed by atoms with Crippen LogP contribution in [0.2, 0.25) is 0 Å². The molecule has 2 unspecified atom stereocenters. The second kappa shape index (κ2) is 6.72. The zero-order valence-electron chi connectivity index (χ0n) is 10.2. The van der Waals surface area contributed by atoms with Crippen LogP contribution >= 0.6 is 0 Å². The first kappa shape index (κ1) is 15.2. The monoisotopic (exact) mass is 245 g/mol. The van der Waals surface area contributed by atoms with Gasteiger partial charge in [-0.15, -0.1) is 0 Å². The average Bonchev–Trinajstić information content (AvgIpc) is 2.21. The highest BCUT2D eigenvalue weighted by Gasteiger charge is 2.24. The quantitative estimate of drug-likeness (QED) is 0.504. The smallest absolute Gasteiger partial charge is 0.312 e. The summed E-state index contributed by atoms with van der Waals surface area (Å²) in [5.41, 5.74) is 4.95. The number of carbonyl (C=O) groups is 3. The summed E-state index contributed by atoms with van der Waals surface area (Å²) in [6, 6.07) is -1.54. The number of primary amides is 1. The molecule has 0 aliphatic heterocycles. The normalized spacial score (nSPS) is 13.9. The fourth-order valence-corrected chi connectivity index (χ4v) is 1.14.